The van der Waals surface area contributed by atoms with Gasteiger partial charge in [-0.2, -0.15) is 5.26 Å². The molecule has 1 atom stereocenters. The highest BCUT2D eigenvalue weighted by Gasteiger charge is 2.20. The maximum atomic E-state index is 12.4. The normalized spacial score (nSPS) is 11.4. The highest BCUT2D eigenvalue weighted by molar-refractivity contribution is 5.97. The summed E-state index contributed by atoms with van der Waals surface area (Å²) in [4.78, 5) is 24.1. The van der Waals surface area contributed by atoms with Gasteiger partial charge in [0.1, 0.15) is 6.04 Å². The van der Waals surface area contributed by atoms with Crippen molar-refractivity contribution in [3.8, 4) is 6.07 Å². The molecule has 0 aliphatic rings. The summed E-state index contributed by atoms with van der Waals surface area (Å²) in [7, 11) is 0. The third kappa shape index (κ3) is 4.43. The molecule has 5 nitrogen and oxygen atoms in total. The molecular weight excluding hydrogens is 302 g/mol. The lowest BCUT2D eigenvalue weighted by Crippen LogP contribution is -2.45. The molecule has 0 bridgehead atoms. The Kier molecular flexibility index (Phi) is 5.33. The number of hydrogen-bond acceptors (Lipinski definition) is 3. The number of carbonyl (C=O) groups excluding carboxylic acids is 2. The van der Waals surface area contributed by atoms with Crippen LogP contribution in [0.15, 0.2) is 42.5 Å². The van der Waals surface area contributed by atoms with E-state index in [9.17, 15) is 9.59 Å². The Morgan fingerprint density at radius 2 is 1.83 bits per heavy atom. The van der Waals surface area contributed by atoms with Crippen LogP contribution in [0, 0.1) is 25.2 Å². The van der Waals surface area contributed by atoms with Crippen molar-refractivity contribution in [1.82, 2.24) is 5.32 Å². The predicted octanol–water partition coefficient (Wildman–Crippen LogP) is 2.00. The maximum Gasteiger partial charge on any atom is 0.251 e. The number of rotatable bonds is 5. The smallest absolute Gasteiger partial charge is 0.251 e. The average molecular weight is 321 g/mol. The van der Waals surface area contributed by atoms with Crippen molar-refractivity contribution in [2.24, 2.45) is 5.73 Å². The Balaban J connectivity index is 2.17. The molecule has 0 heterocycles. The minimum Gasteiger partial charge on any atom is -0.368 e. The van der Waals surface area contributed by atoms with Crippen LogP contribution < -0.4 is 11.1 Å². The highest BCUT2D eigenvalue weighted by atomic mass is 16.2. The topological polar surface area (TPSA) is 96.0 Å². The Bertz CT molecular complexity index is 801. The van der Waals surface area contributed by atoms with Gasteiger partial charge < -0.3 is 11.1 Å². The molecule has 24 heavy (non-hydrogen) atoms. The van der Waals surface area contributed by atoms with Crippen molar-refractivity contribution < 1.29 is 9.59 Å². The molecule has 0 saturated heterocycles. The van der Waals surface area contributed by atoms with Crippen molar-refractivity contribution in [2.45, 2.75) is 26.3 Å². The van der Waals surface area contributed by atoms with E-state index in [4.69, 9.17) is 11.0 Å². The van der Waals surface area contributed by atoms with Gasteiger partial charge >= 0.3 is 0 Å². The number of carbonyl (C=O) groups is 2. The molecule has 2 aromatic carbocycles. The van der Waals surface area contributed by atoms with Crippen molar-refractivity contribution in [2.75, 3.05) is 0 Å². The minimum atomic E-state index is -0.840. The fourth-order valence-electron chi connectivity index (χ4n) is 2.57. The Morgan fingerprint density at radius 1 is 1.17 bits per heavy atom. The fourth-order valence-corrected chi connectivity index (χ4v) is 2.57. The van der Waals surface area contributed by atoms with Crippen molar-refractivity contribution in [1.29, 1.82) is 5.26 Å². The summed E-state index contributed by atoms with van der Waals surface area (Å²) < 4.78 is 0. The Hall–Kier alpha value is -3.13. The zero-order valence-corrected chi connectivity index (χ0v) is 13.7. The molecule has 0 aliphatic heterocycles. The molecule has 0 unspecified atom stereocenters. The number of nitriles is 1. The van der Waals surface area contributed by atoms with Gasteiger partial charge in [-0.3, -0.25) is 9.59 Å². The summed E-state index contributed by atoms with van der Waals surface area (Å²) in [5.74, 6) is -0.961. The molecule has 2 amide bonds. The first-order valence-electron chi connectivity index (χ1n) is 7.56. The van der Waals surface area contributed by atoms with Gasteiger partial charge in [0.05, 0.1) is 11.6 Å². The van der Waals surface area contributed by atoms with Crippen LogP contribution in [0.4, 0.5) is 0 Å². The number of aryl methyl sites for hydroxylation is 2. The standard InChI is InChI=1S/C19H19N3O2/c1-12-6-13(2)8-16(7-12)19(24)22-17(18(21)23)10-14-4-3-5-15(9-14)11-20/h3-9,17H,10H2,1-2H3,(H2,21,23)(H,22,24)/t17-/m0/s1. The van der Waals surface area contributed by atoms with E-state index in [-0.39, 0.29) is 12.3 Å². The first kappa shape index (κ1) is 17.2. The number of benzene rings is 2. The van der Waals surface area contributed by atoms with Gasteiger partial charge in [0, 0.05) is 12.0 Å². The quantitative estimate of drug-likeness (QED) is 0.881. The largest absolute Gasteiger partial charge is 0.368 e. The van der Waals surface area contributed by atoms with Gasteiger partial charge in [-0.1, -0.05) is 29.3 Å². The summed E-state index contributed by atoms with van der Waals surface area (Å²) in [6.45, 7) is 3.81. The number of nitrogens with two attached hydrogens (primary N) is 1. The van der Waals surface area contributed by atoms with Crippen LogP contribution in [0.1, 0.15) is 32.6 Å². The van der Waals surface area contributed by atoms with E-state index in [0.717, 1.165) is 16.7 Å². The first-order valence-corrected chi connectivity index (χ1v) is 7.56. The van der Waals surface area contributed by atoms with Gasteiger partial charge in [0.2, 0.25) is 5.91 Å². The lowest BCUT2D eigenvalue weighted by molar-refractivity contribution is -0.119. The number of nitrogens with one attached hydrogen (secondary N) is 1. The molecule has 0 aliphatic carbocycles. The zero-order valence-electron chi connectivity index (χ0n) is 13.7. The number of amides is 2. The summed E-state index contributed by atoms with van der Waals surface area (Å²) in [5.41, 5.74) is 9.11. The molecule has 0 aromatic heterocycles. The molecule has 2 aromatic rings. The fraction of sp³-hybridized carbons (Fsp3) is 0.211. The van der Waals surface area contributed by atoms with E-state index < -0.39 is 11.9 Å². The summed E-state index contributed by atoms with van der Waals surface area (Å²) in [5, 5.41) is 11.6. The molecule has 122 valence electrons. The summed E-state index contributed by atoms with van der Waals surface area (Å²) in [6, 6.07) is 13.6. The van der Waals surface area contributed by atoms with E-state index in [1.807, 2.05) is 26.0 Å². The van der Waals surface area contributed by atoms with Crippen LogP contribution in [-0.4, -0.2) is 17.9 Å². The van der Waals surface area contributed by atoms with Crippen molar-refractivity contribution in [3.05, 3.63) is 70.3 Å². The van der Waals surface area contributed by atoms with Crippen LogP contribution in [0.2, 0.25) is 0 Å². The minimum absolute atomic E-state index is 0.237. The molecule has 3 N–H and O–H groups in total. The molecule has 5 heteroatoms. The molecule has 0 radical (unpaired) electrons. The number of nitrogens with zero attached hydrogens (tertiary/aromatic N) is 1. The van der Waals surface area contributed by atoms with Gasteiger partial charge in [-0.05, 0) is 43.7 Å². The Morgan fingerprint density at radius 3 is 2.42 bits per heavy atom. The van der Waals surface area contributed by atoms with Crippen LogP contribution in [0.5, 0.6) is 0 Å². The summed E-state index contributed by atoms with van der Waals surface area (Å²) in [6.07, 6.45) is 0.237. The second kappa shape index (κ2) is 7.42. The molecule has 2 rings (SSSR count). The van der Waals surface area contributed by atoms with Crippen molar-refractivity contribution >= 4 is 11.8 Å². The highest BCUT2D eigenvalue weighted by Crippen LogP contribution is 2.11. The second-order valence-corrected chi connectivity index (χ2v) is 5.82. The lowest BCUT2D eigenvalue weighted by Gasteiger charge is -2.16. The van der Waals surface area contributed by atoms with Gasteiger partial charge in [0.15, 0.2) is 0 Å². The lowest BCUT2D eigenvalue weighted by atomic mass is 10.0. The van der Waals surface area contributed by atoms with E-state index in [1.54, 1.807) is 36.4 Å². The van der Waals surface area contributed by atoms with Crippen LogP contribution >= 0.6 is 0 Å². The van der Waals surface area contributed by atoms with E-state index >= 15 is 0 Å². The molecular formula is C19H19N3O2. The molecule has 0 saturated carbocycles. The van der Waals surface area contributed by atoms with Crippen molar-refractivity contribution in [3.63, 3.8) is 0 Å². The van der Waals surface area contributed by atoms with Crippen LogP contribution in [-0.2, 0) is 11.2 Å². The monoisotopic (exact) mass is 321 g/mol. The van der Waals surface area contributed by atoms with E-state index in [1.165, 1.54) is 0 Å². The van der Waals surface area contributed by atoms with Gasteiger partial charge in [-0.25, -0.2) is 0 Å². The summed E-state index contributed by atoms with van der Waals surface area (Å²) >= 11 is 0. The van der Waals surface area contributed by atoms with Crippen LogP contribution in [0.25, 0.3) is 0 Å². The van der Waals surface area contributed by atoms with E-state index in [0.29, 0.717) is 11.1 Å². The van der Waals surface area contributed by atoms with Gasteiger partial charge in [-0.15, -0.1) is 0 Å². The third-order valence-corrected chi connectivity index (χ3v) is 3.63. The molecule has 0 spiro atoms. The SMILES string of the molecule is Cc1cc(C)cc(C(=O)N[C@@H](Cc2cccc(C#N)c2)C(N)=O)c1. The second-order valence-electron chi connectivity index (χ2n) is 5.82. The van der Waals surface area contributed by atoms with Gasteiger partial charge in [0.25, 0.3) is 5.91 Å². The number of hydrogen-bond donors (Lipinski definition) is 2. The first-order chi connectivity index (χ1) is 11.4. The van der Waals surface area contributed by atoms with Crippen LogP contribution in [0.3, 0.4) is 0 Å². The third-order valence-electron chi connectivity index (χ3n) is 3.63. The predicted molar refractivity (Wildman–Crippen MR) is 91.2 cm³/mol. The van der Waals surface area contributed by atoms with E-state index in [2.05, 4.69) is 5.32 Å². The zero-order chi connectivity index (χ0) is 17.7. The maximum absolute atomic E-state index is 12.4. The number of primary amides is 1. The molecule has 0 fully saturated rings. The average Bonchev–Trinajstić information content (AvgIpc) is 2.53. The Labute approximate surface area is 141 Å².